The third kappa shape index (κ3) is 6.91. The van der Waals surface area contributed by atoms with E-state index in [1.807, 2.05) is 30.3 Å². The molecule has 0 unspecified atom stereocenters. The van der Waals surface area contributed by atoms with Gasteiger partial charge in [0.1, 0.15) is 11.5 Å². The number of halogens is 1. The lowest BCUT2D eigenvalue weighted by molar-refractivity contribution is 0.184. The zero-order valence-electron chi connectivity index (χ0n) is 16.2. The predicted octanol–water partition coefficient (Wildman–Crippen LogP) is 3.33. The van der Waals surface area contributed by atoms with Crippen LogP contribution in [0, 0.1) is 0 Å². The monoisotopic (exact) mass is 485 g/mol. The molecule has 6 nitrogen and oxygen atoms in total. The highest BCUT2D eigenvalue weighted by Crippen LogP contribution is 2.24. The van der Waals surface area contributed by atoms with Crippen LogP contribution >= 0.6 is 24.0 Å². The van der Waals surface area contributed by atoms with Crippen molar-refractivity contribution in [1.82, 2.24) is 10.6 Å². The number of rotatable bonds is 8. The van der Waals surface area contributed by atoms with Gasteiger partial charge in [0.15, 0.2) is 5.96 Å². The number of methoxy groups -OCH3 is 3. The lowest BCUT2D eigenvalue weighted by Crippen LogP contribution is -2.36. The van der Waals surface area contributed by atoms with Crippen molar-refractivity contribution >= 4 is 29.9 Å². The van der Waals surface area contributed by atoms with Gasteiger partial charge in [0, 0.05) is 38.9 Å². The molecule has 2 N–H and O–H groups in total. The molecule has 0 aromatic heterocycles. The van der Waals surface area contributed by atoms with E-state index in [1.165, 1.54) is 5.56 Å². The maximum absolute atomic E-state index is 5.43. The van der Waals surface area contributed by atoms with Crippen molar-refractivity contribution in [3.63, 3.8) is 0 Å². The highest BCUT2D eigenvalue weighted by molar-refractivity contribution is 14.0. The third-order valence-electron chi connectivity index (χ3n) is 4.03. The van der Waals surface area contributed by atoms with Gasteiger partial charge in [0.25, 0.3) is 0 Å². The molecule has 0 heterocycles. The molecule has 2 rings (SSSR count). The minimum absolute atomic E-state index is 0. The summed E-state index contributed by atoms with van der Waals surface area (Å²) in [6.45, 7) is 1.85. The van der Waals surface area contributed by atoms with E-state index in [0.29, 0.717) is 19.7 Å². The van der Waals surface area contributed by atoms with E-state index in [1.54, 1.807) is 28.4 Å². The molecule has 0 spiro atoms. The van der Waals surface area contributed by atoms with E-state index in [-0.39, 0.29) is 24.0 Å². The molecule has 0 aliphatic heterocycles. The first kappa shape index (κ1) is 23.0. The molecule has 2 aromatic carbocycles. The van der Waals surface area contributed by atoms with Crippen LogP contribution in [-0.2, 0) is 24.4 Å². The largest absolute Gasteiger partial charge is 0.497 e. The topological polar surface area (TPSA) is 64.1 Å². The number of nitrogens with zero attached hydrogens (tertiary/aromatic N) is 1. The molecular formula is C20H28IN3O3. The molecule has 0 radical (unpaired) electrons. The molecule has 0 atom stereocenters. The Labute approximate surface area is 178 Å². The Hall–Kier alpha value is -2.00. The first-order chi connectivity index (χ1) is 12.7. The average Bonchev–Trinajstić information content (AvgIpc) is 2.69. The van der Waals surface area contributed by atoms with E-state index < -0.39 is 0 Å². The zero-order valence-corrected chi connectivity index (χ0v) is 18.6. The molecule has 0 aliphatic rings. The van der Waals surface area contributed by atoms with Gasteiger partial charge in [-0.1, -0.05) is 24.3 Å². The minimum atomic E-state index is 0. The van der Waals surface area contributed by atoms with Gasteiger partial charge < -0.3 is 24.8 Å². The highest BCUT2D eigenvalue weighted by Gasteiger charge is 2.07. The summed E-state index contributed by atoms with van der Waals surface area (Å²) in [5.41, 5.74) is 3.37. The van der Waals surface area contributed by atoms with Crippen LogP contribution in [0.5, 0.6) is 11.5 Å². The highest BCUT2D eigenvalue weighted by atomic mass is 127. The maximum Gasteiger partial charge on any atom is 0.191 e. The summed E-state index contributed by atoms with van der Waals surface area (Å²) < 4.78 is 15.9. The molecule has 2 aromatic rings. The van der Waals surface area contributed by atoms with Gasteiger partial charge >= 0.3 is 0 Å². The van der Waals surface area contributed by atoms with Crippen LogP contribution in [0.25, 0.3) is 0 Å². The Morgan fingerprint density at radius 2 is 1.56 bits per heavy atom. The van der Waals surface area contributed by atoms with E-state index >= 15 is 0 Å². The number of ether oxygens (including phenoxy) is 3. The van der Waals surface area contributed by atoms with Crippen molar-refractivity contribution in [2.75, 3.05) is 28.4 Å². The summed E-state index contributed by atoms with van der Waals surface area (Å²) in [5.74, 6) is 2.26. The van der Waals surface area contributed by atoms with Gasteiger partial charge in [0.05, 0.1) is 20.8 Å². The Morgan fingerprint density at radius 1 is 0.889 bits per heavy atom. The Morgan fingerprint density at radius 3 is 2.15 bits per heavy atom. The second-order valence-electron chi connectivity index (χ2n) is 5.66. The molecule has 0 amide bonds. The minimum Gasteiger partial charge on any atom is -0.497 e. The molecule has 148 valence electrons. The van der Waals surface area contributed by atoms with Crippen molar-refractivity contribution in [3.8, 4) is 11.5 Å². The number of nitrogens with one attached hydrogen (secondary N) is 2. The molecule has 7 heteroatoms. The predicted molar refractivity (Wildman–Crippen MR) is 119 cm³/mol. The van der Waals surface area contributed by atoms with Crippen molar-refractivity contribution in [2.24, 2.45) is 4.99 Å². The van der Waals surface area contributed by atoms with Gasteiger partial charge in [0.2, 0.25) is 0 Å². The van der Waals surface area contributed by atoms with Crippen LogP contribution in [0.4, 0.5) is 0 Å². The van der Waals surface area contributed by atoms with Gasteiger partial charge in [-0.15, -0.1) is 24.0 Å². The fourth-order valence-electron chi connectivity index (χ4n) is 2.60. The van der Waals surface area contributed by atoms with Gasteiger partial charge in [-0.3, -0.25) is 4.99 Å². The number of hydrogen-bond acceptors (Lipinski definition) is 4. The van der Waals surface area contributed by atoms with Gasteiger partial charge in [-0.25, -0.2) is 0 Å². The first-order valence-corrected chi connectivity index (χ1v) is 8.43. The smallest absolute Gasteiger partial charge is 0.191 e. The molecule has 0 aliphatic carbocycles. The molecular weight excluding hydrogens is 457 g/mol. The second kappa shape index (κ2) is 12.4. The quantitative estimate of drug-likeness (QED) is 0.341. The van der Waals surface area contributed by atoms with E-state index in [4.69, 9.17) is 14.2 Å². The van der Waals surface area contributed by atoms with Gasteiger partial charge in [-0.05, 0) is 23.3 Å². The van der Waals surface area contributed by atoms with E-state index in [0.717, 1.165) is 28.6 Å². The number of hydrogen-bond donors (Lipinski definition) is 2. The standard InChI is InChI=1S/C20H27N3O3.HI/c1-21-20(22-12-15-7-5-6-8-17(15)14-24-2)23-13-16-9-10-18(25-3)11-19(16)26-4;/h5-11H,12-14H2,1-4H3,(H2,21,22,23);1H. The molecule has 27 heavy (non-hydrogen) atoms. The number of guanidine groups is 1. The van der Waals surface area contributed by atoms with Crippen LogP contribution in [0.2, 0.25) is 0 Å². The van der Waals surface area contributed by atoms with Crippen LogP contribution in [0.15, 0.2) is 47.5 Å². The Balaban J connectivity index is 0.00000364. The molecule has 0 bridgehead atoms. The van der Waals surface area contributed by atoms with Crippen LogP contribution < -0.4 is 20.1 Å². The molecule has 0 saturated carbocycles. The summed E-state index contributed by atoms with van der Waals surface area (Å²) in [6, 6.07) is 14.0. The zero-order chi connectivity index (χ0) is 18.8. The fourth-order valence-corrected chi connectivity index (χ4v) is 2.60. The summed E-state index contributed by atoms with van der Waals surface area (Å²) >= 11 is 0. The van der Waals surface area contributed by atoms with Crippen molar-refractivity contribution in [1.29, 1.82) is 0 Å². The van der Waals surface area contributed by atoms with E-state index in [9.17, 15) is 0 Å². The lowest BCUT2D eigenvalue weighted by Gasteiger charge is -2.15. The number of benzene rings is 2. The maximum atomic E-state index is 5.43. The Kier molecular flexibility index (Phi) is 10.6. The first-order valence-electron chi connectivity index (χ1n) is 8.43. The molecule has 0 fully saturated rings. The van der Waals surface area contributed by atoms with E-state index in [2.05, 4.69) is 27.8 Å². The fraction of sp³-hybridized carbons (Fsp3) is 0.350. The average molecular weight is 485 g/mol. The SMILES string of the molecule is CN=C(NCc1ccccc1COC)NCc1ccc(OC)cc1OC.I. The Bertz CT molecular complexity index is 738. The van der Waals surface area contributed by atoms with Crippen molar-refractivity contribution < 1.29 is 14.2 Å². The normalized spacial score (nSPS) is 10.7. The van der Waals surface area contributed by atoms with Crippen molar-refractivity contribution in [2.45, 2.75) is 19.7 Å². The van der Waals surface area contributed by atoms with Crippen LogP contribution in [0.1, 0.15) is 16.7 Å². The van der Waals surface area contributed by atoms with Crippen LogP contribution in [0.3, 0.4) is 0 Å². The summed E-state index contributed by atoms with van der Waals surface area (Å²) in [6.07, 6.45) is 0. The second-order valence-corrected chi connectivity index (χ2v) is 5.66. The number of aliphatic imine (C=N–C) groups is 1. The summed E-state index contributed by atoms with van der Waals surface area (Å²) in [5, 5.41) is 6.64. The van der Waals surface area contributed by atoms with Crippen molar-refractivity contribution in [3.05, 3.63) is 59.2 Å². The van der Waals surface area contributed by atoms with Crippen LogP contribution in [-0.4, -0.2) is 34.3 Å². The third-order valence-corrected chi connectivity index (χ3v) is 4.03. The summed E-state index contributed by atoms with van der Waals surface area (Å²) in [4.78, 5) is 4.28. The molecule has 0 saturated heterocycles. The lowest BCUT2D eigenvalue weighted by atomic mass is 10.1. The summed E-state index contributed by atoms with van der Waals surface area (Å²) in [7, 11) is 6.74. The van der Waals surface area contributed by atoms with Gasteiger partial charge in [-0.2, -0.15) is 0 Å².